The van der Waals surface area contributed by atoms with Crippen LogP contribution in [0.1, 0.15) is 32.8 Å². The summed E-state index contributed by atoms with van der Waals surface area (Å²) in [5.41, 5.74) is -0.400. The number of halogens is 2. The Morgan fingerprint density at radius 3 is 2.62 bits per heavy atom. The summed E-state index contributed by atoms with van der Waals surface area (Å²) in [6, 6.07) is 2.99. The van der Waals surface area contributed by atoms with Crippen molar-refractivity contribution in [2.45, 2.75) is 44.7 Å². The predicted molar refractivity (Wildman–Crippen MR) is 86.1 cm³/mol. The van der Waals surface area contributed by atoms with Gasteiger partial charge in [-0.1, -0.05) is 20.8 Å². The summed E-state index contributed by atoms with van der Waals surface area (Å²) < 4.78 is 28.3. The lowest BCUT2D eigenvalue weighted by Gasteiger charge is -2.36. The van der Waals surface area contributed by atoms with E-state index in [4.69, 9.17) is 4.84 Å². The van der Waals surface area contributed by atoms with Crippen LogP contribution in [0.25, 0.3) is 0 Å². The number of carbonyl (C=O) groups excluding carboxylic acids is 1. The summed E-state index contributed by atoms with van der Waals surface area (Å²) in [4.78, 5) is 17.6. The van der Waals surface area contributed by atoms with Crippen LogP contribution in [-0.2, 0) is 15.0 Å². The molecule has 1 aliphatic carbocycles. The van der Waals surface area contributed by atoms with Crippen LogP contribution in [0.2, 0.25) is 0 Å². The van der Waals surface area contributed by atoms with Crippen molar-refractivity contribution < 1.29 is 18.4 Å². The van der Waals surface area contributed by atoms with Crippen molar-refractivity contribution in [3.63, 3.8) is 0 Å². The Kier molecular flexibility index (Phi) is 3.96. The fourth-order valence-electron chi connectivity index (χ4n) is 4.37. The number of piperidine rings is 1. The Balaban J connectivity index is 2.04. The molecule has 4 atom stereocenters. The second-order valence-electron chi connectivity index (χ2n) is 7.94. The minimum absolute atomic E-state index is 0.0666. The maximum Gasteiger partial charge on any atom is 0.263 e. The normalized spacial score (nSPS) is 31.7. The molecule has 1 aliphatic heterocycles. The van der Waals surface area contributed by atoms with Gasteiger partial charge >= 0.3 is 0 Å². The Morgan fingerprint density at radius 1 is 1.38 bits per heavy atom. The quantitative estimate of drug-likeness (QED) is 0.862. The van der Waals surface area contributed by atoms with E-state index in [0.29, 0.717) is 12.0 Å². The SMILES string of the molecule is CON(C)C(=O)C1NC(C(C)(C)C)[C@@]2(c3cc(F)ccc3F)C[C@@H]12. The first-order valence-corrected chi connectivity index (χ1v) is 8.16. The molecule has 0 radical (unpaired) electrons. The third kappa shape index (κ3) is 2.43. The molecule has 6 heteroatoms. The van der Waals surface area contributed by atoms with Gasteiger partial charge in [-0.3, -0.25) is 9.63 Å². The maximum atomic E-state index is 14.5. The molecule has 0 bridgehead atoms. The lowest BCUT2D eigenvalue weighted by atomic mass is 9.74. The molecule has 2 aliphatic rings. The van der Waals surface area contributed by atoms with E-state index in [9.17, 15) is 13.6 Å². The van der Waals surface area contributed by atoms with Gasteiger partial charge in [0.15, 0.2) is 0 Å². The van der Waals surface area contributed by atoms with E-state index in [-0.39, 0.29) is 23.3 Å². The fourth-order valence-corrected chi connectivity index (χ4v) is 4.37. The molecular weight excluding hydrogens is 314 g/mol. The van der Waals surface area contributed by atoms with Crippen molar-refractivity contribution in [3.05, 3.63) is 35.4 Å². The predicted octanol–water partition coefficient (Wildman–Crippen LogP) is 2.63. The third-order valence-corrected chi connectivity index (χ3v) is 5.47. The molecule has 0 aromatic heterocycles. The first kappa shape index (κ1) is 17.3. The largest absolute Gasteiger partial charge is 0.301 e. The summed E-state index contributed by atoms with van der Waals surface area (Å²) in [7, 11) is 2.99. The van der Waals surface area contributed by atoms with E-state index >= 15 is 0 Å². The number of nitrogens with one attached hydrogen (secondary N) is 1. The average molecular weight is 338 g/mol. The van der Waals surface area contributed by atoms with E-state index in [1.54, 1.807) is 7.05 Å². The van der Waals surface area contributed by atoms with E-state index in [1.165, 1.54) is 24.3 Å². The highest BCUT2D eigenvalue weighted by Crippen LogP contribution is 2.65. The van der Waals surface area contributed by atoms with Crippen molar-refractivity contribution in [3.8, 4) is 0 Å². The Morgan fingerprint density at radius 2 is 2.04 bits per heavy atom. The number of benzene rings is 1. The number of amides is 1. The monoisotopic (exact) mass is 338 g/mol. The molecule has 1 saturated heterocycles. The van der Waals surface area contributed by atoms with Gasteiger partial charge < -0.3 is 5.32 Å². The van der Waals surface area contributed by atoms with Gasteiger partial charge in [-0.15, -0.1) is 0 Å². The molecule has 132 valence electrons. The van der Waals surface area contributed by atoms with Crippen molar-refractivity contribution in [2.24, 2.45) is 11.3 Å². The van der Waals surface area contributed by atoms with E-state index < -0.39 is 23.1 Å². The molecule has 4 nitrogen and oxygen atoms in total. The van der Waals surface area contributed by atoms with Gasteiger partial charge in [0, 0.05) is 18.5 Å². The molecule has 1 saturated carbocycles. The topological polar surface area (TPSA) is 41.6 Å². The van der Waals surface area contributed by atoms with Gasteiger partial charge in [0.25, 0.3) is 5.91 Å². The van der Waals surface area contributed by atoms with Crippen molar-refractivity contribution in [1.29, 1.82) is 0 Å². The molecule has 1 amide bonds. The van der Waals surface area contributed by atoms with Gasteiger partial charge in [0.1, 0.15) is 11.6 Å². The average Bonchev–Trinajstić information content (AvgIpc) is 3.15. The first-order valence-electron chi connectivity index (χ1n) is 8.16. The maximum absolute atomic E-state index is 14.5. The van der Waals surface area contributed by atoms with E-state index in [1.807, 2.05) is 20.8 Å². The van der Waals surface area contributed by atoms with Gasteiger partial charge in [-0.2, -0.15) is 0 Å². The molecule has 0 spiro atoms. The molecule has 1 aromatic carbocycles. The van der Waals surface area contributed by atoms with Crippen LogP contribution in [0, 0.1) is 23.0 Å². The Bertz CT molecular complexity index is 673. The number of rotatable bonds is 3. The molecule has 1 heterocycles. The number of fused-ring (bicyclic) bond motifs is 1. The highest BCUT2D eigenvalue weighted by molar-refractivity contribution is 5.83. The van der Waals surface area contributed by atoms with Crippen LogP contribution < -0.4 is 5.32 Å². The van der Waals surface area contributed by atoms with Crippen LogP contribution in [0.5, 0.6) is 0 Å². The molecule has 24 heavy (non-hydrogen) atoms. The highest BCUT2D eigenvalue weighted by Gasteiger charge is 2.72. The molecular formula is C18H24F2N2O2. The van der Waals surface area contributed by atoms with E-state index in [0.717, 1.165) is 6.07 Å². The minimum atomic E-state index is -0.556. The fraction of sp³-hybridized carbons (Fsp3) is 0.611. The molecule has 2 fully saturated rings. The summed E-state index contributed by atoms with van der Waals surface area (Å²) >= 11 is 0. The van der Waals surface area contributed by atoms with Crippen LogP contribution in [0.3, 0.4) is 0 Å². The second kappa shape index (κ2) is 5.49. The lowest BCUT2D eigenvalue weighted by Crippen LogP contribution is -2.51. The van der Waals surface area contributed by atoms with Crippen LogP contribution in [-0.4, -0.2) is 37.2 Å². The smallest absolute Gasteiger partial charge is 0.263 e. The number of nitrogens with zero attached hydrogens (tertiary/aromatic N) is 1. The van der Waals surface area contributed by atoms with Gasteiger partial charge in [0.2, 0.25) is 0 Å². The summed E-state index contributed by atoms with van der Waals surface area (Å²) in [6.07, 6.45) is 0.663. The lowest BCUT2D eigenvalue weighted by molar-refractivity contribution is -0.171. The van der Waals surface area contributed by atoms with Gasteiger partial charge in [0.05, 0.1) is 13.2 Å². The van der Waals surface area contributed by atoms with Crippen LogP contribution in [0.4, 0.5) is 8.78 Å². The van der Waals surface area contributed by atoms with Gasteiger partial charge in [-0.25, -0.2) is 13.8 Å². The number of carbonyl (C=O) groups is 1. The number of hydrogen-bond acceptors (Lipinski definition) is 3. The Hall–Kier alpha value is -1.53. The molecule has 1 N–H and O–H groups in total. The molecule has 2 unspecified atom stereocenters. The zero-order chi connectivity index (χ0) is 17.9. The van der Waals surface area contributed by atoms with Crippen molar-refractivity contribution in [1.82, 2.24) is 10.4 Å². The highest BCUT2D eigenvalue weighted by atomic mass is 19.1. The zero-order valence-electron chi connectivity index (χ0n) is 14.7. The standard InChI is InChI=1S/C18H24F2N2O2/c1-17(2,3)16-18(11-8-10(19)6-7-13(11)20)9-12(18)14(21-16)15(23)22(4)24-5/h6-8,12,14,16,21H,9H2,1-5H3/t12-,14?,16?,18+/m0/s1. The zero-order valence-corrected chi connectivity index (χ0v) is 14.7. The Labute approximate surface area is 141 Å². The van der Waals surface area contributed by atoms with Crippen LogP contribution in [0.15, 0.2) is 18.2 Å². The van der Waals surface area contributed by atoms with Crippen LogP contribution >= 0.6 is 0 Å². The molecule has 1 aromatic rings. The van der Waals surface area contributed by atoms with E-state index in [2.05, 4.69) is 5.32 Å². The second-order valence-corrected chi connectivity index (χ2v) is 7.94. The summed E-state index contributed by atoms with van der Waals surface area (Å²) in [5, 5.41) is 4.56. The first-order chi connectivity index (χ1) is 11.1. The van der Waals surface area contributed by atoms with Crippen molar-refractivity contribution >= 4 is 5.91 Å². The number of hydrogen-bond donors (Lipinski definition) is 1. The third-order valence-electron chi connectivity index (χ3n) is 5.47. The number of likely N-dealkylation sites (N-methyl/N-ethyl adjacent to an activating group) is 1. The number of hydroxylamine groups is 2. The van der Waals surface area contributed by atoms with Crippen molar-refractivity contribution in [2.75, 3.05) is 14.2 Å². The van der Waals surface area contributed by atoms with Gasteiger partial charge in [-0.05, 0) is 41.5 Å². The molecule has 3 rings (SSSR count). The minimum Gasteiger partial charge on any atom is -0.301 e. The summed E-state index contributed by atoms with van der Waals surface area (Å²) in [6.45, 7) is 6.14. The summed E-state index contributed by atoms with van der Waals surface area (Å²) in [5.74, 6) is -1.12.